The Hall–Kier alpha value is -3.67. The highest BCUT2D eigenvalue weighted by atomic mass is 15.3. The molecule has 0 saturated heterocycles. The fourth-order valence-corrected chi connectivity index (χ4v) is 4.50. The van der Waals surface area contributed by atoms with E-state index in [-0.39, 0.29) is 6.04 Å². The van der Waals surface area contributed by atoms with Gasteiger partial charge in [-0.3, -0.25) is 0 Å². The van der Waals surface area contributed by atoms with E-state index < -0.39 is 0 Å². The van der Waals surface area contributed by atoms with Crippen molar-refractivity contribution in [2.45, 2.75) is 25.3 Å². The summed E-state index contributed by atoms with van der Waals surface area (Å²) < 4.78 is 2.08. The Kier molecular flexibility index (Phi) is 3.47. The SMILES string of the molecule is Nc1ccnc2c1c(-c1cnc3[nH]ccc3c1)nn2C1CCc2ccccc2C1. The first-order chi connectivity index (χ1) is 14.3. The number of nitrogens with one attached hydrogen (secondary N) is 1. The van der Waals surface area contributed by atoms with Gasteiger partial charge in [0.05, 0.1) is 11.4 Å². The van der Waals surface area contributed by atoms with Crippen molar-refractivity contribution in [2.75, 3.05) is 5.73 Å². The number of fused-ring (bicyclic) bond motifs is 3. The Balaban J connectivity index is 1.53. The van der Waals surface area contributed by atoms with Gasteiger partial charge < -0.3 is 10.7 Å². The molecule has 3 N–H and O–H groups in total. The summed E-state index contributed by atoms with van der Waals surface area (Å²) in [6.07, 6.45) is 8.57. The number of anilines is 1. The highest BCUT2D eigenvalue weighted by Gasteiger charge is 2.25. The number of aromatic nitrogens is 5. The number of H-pyrrole nitrogens is 1. The molecule has 0 amide bonds. The van der Waals surface area contributed by atoms with Crippen LogP contribution in [0.3, 0.4) is 0 Å². The van der Waals surface area contributed by atoms with Crippen LogP contribution in [0.1, 0.15) is 23.6 Å². The molecule has 142 valence electrons. The summed E-state index contributed by atoms with van der Waals surface area (Å²) in [5.41, 5.74) is 13.4. The van der Waals surface area contributed by atoms with Crippen LogP contribution in [0.2, 0.25) is 0 Å². The number of hydrogen-bond acceptors (Lipinski definition) is 4. The first-order valence-corrected chi connectivity index (χ1v) is 9.91. The average molecular weight is 380 g/mol. The molecule has 1 aliphatic rings. The Morgan fingerprint density at radius 3 is 2.90 bits per heavy atom. The third-order valence-corrected chi connectivity index (χ3v) is 5.96. The molecule has 1 aromatic carbocycles. The lowest BCUT2D eigenvalue weighted by Gasteiger charge is -2.25. The number of hydrogen-bond donors (Lipinski definition) is 2. The van der Waals surface area contributed by atoms with Crippen LogP contribution in [-0.4, -0.2) is 24.7 Å². The summed E-state index contributed by atoms with van der Waals surface area (Å²) in [7, 11) is 0. The summed E-state index contributed by atoms with van der Waals surface area (Å²) in [5, 5.41) is 6.99. The number of rotatable bonds is 2. The minimum atomic E-state index is 0.263. The maximum Gasteiger partial charge on any atom is 0.160 e. The zero-order chi connectivity index (χ0) is 19.4. The highest BCUT2D eigenvalue weighted by molar-refractivity contribution is 6.00. The zero-order valence-corrected chi connectivity index (χ0v) is 15.8. The van der Waals surface area contributed by atoms with E-state index in [0.29, 0.717) is 5.69 Å². The lowest BCUT2D eigenvalue weighted by Crippen LogP contribution is -2.20. The normalized spacial score (nSPS) is 16.3. The molecule has 4 aromatic heterocycles. The van der Waals surface area contributed by atoms with Crippen LogP contribution in [-0.2, 0) is 12.8 Å². The molecule has 6 nitrogen and oxygen atoms in total. The van der Waals surface area contributed by atoms with Gasteiger partial charge in [-0.15, -0.1) is 0 Å². The minimum absolute atomic E-state index is 0.263. The van der Waals surface area contributed by atoms with Crippen molar-refractivity contribution in [3.05, 3.63) is 72.2 Å². The summed E-state index contributed by atoms with van der Waals surface area (Å²) >= 11 is 0. The van der Waals surface area contributed by atoms with Crippen LogP contribution >= 0.6 is 0 Å². The van der Waals surface area contributed by atoms with E-state index in [4.69, 9.17) is 10.8 Å². The Morgan fingerprint density at radius 2 is 1.97 bits per heavy atom. The van der Waals surface area contributed by atoms with Crippen molar-refractivity contribution in [1.82, 2.24) is 24.7 Å². The third-order valence-electron chi connectivity index (χ3n) is 5.96. The fraction of sp³-hybridized carbons (Fsp3) is 0.174. The van der Waals surface area contributed by atoms with Gasteiger partial charge in [0.2, 0.25) is 0 Å². The molecule has 29 heavy (non-hydrogen) atoms. The molecule has 6 rings (SSSR count). The minimum Gasteiger partial charge on any atom is -0.398 e. The number of aryl methyl sites for hydroxylation is 1. The predicted molar refractivity (Wildman–Crippen MR) is 115 cm³/mol. The molecule has 1 aliphatic carbocycles. The molecule has 4 heterocycles. The molecule has 0 radical (unpaired) electrons. The molecule has 0 fully saturated rings. The summed E-state index contributed by atoms with van der Waals surface area (Å²) in [6, 6.07) is 14.9. The van der Waals surface area contributed by atoms with Crippen molar-refractivity contribution >= 4 is 27.8 Å². The molecular weight excluding hydrogens is 360 g/mol. The number of pyridine rings is 2. The van der Waals surface area contributed by atoms with Gasteiger partial charge in [0.15, 0.2) is 5.65 Å². The van der Waals surface area contributed by atoms with Gasteiger partial charge >= 0.3 is 0 Å². The summed E-state index contributed by atoms with van der Waals surface area (Å²) in [4.78, 5) is 12.3. The van der Waals surface area contributed by atoms with Crippen LogP contribution in [0, 0.1) is 0 Å². The zero-order valence-electron chi connectivity index (χ0n) is 15.8. The molecule has 0 bridgehead atoms. The van der Waals surface area contributed by atoms with E-state index in [1.807, 2.05) is 24.5 Å². The quantitative estimate of drug-likeness (QED) is 0.478. The molecule has 6 heteroatoms. The molecule has 0 spiro atoms. The topological polar surface area (TPSA) is 85.4 Å². The number of nitrogens with two attached hydrogens (primary N) is 1. The van der Waals surface area contributed by atoms with E-state index in [2.05, 4.69) is 50.0 Å². The number of nitrogen functional groups attached to an aromatic ring is 1. The van der Waals surface area contributed by atoms with Crippen LogP contribution in [0.5, 0.6) is 0 Å². The standard InChI is InChI=1S/C23H20N6/c24-19-8-10-26-23-20(19)21(17-11-16-7-9-25-22(16)27-13-17)28-29(23)18-6-5-14-3-1-2-4-15(14)12-18/h1-4,7-11,13,18H,5-6,12H2,(H2,24,26)(H,25,27). The van der Waals surface area contributed by atoms with E-state index in [9.17, 15) is 0 Å². The molecule has 1 unspecified atom stereocenters. The van der Waals surface area contributed by atoms with Crippen molar-refractivity contribution in [3.8, 4) is 11.3 Å². The smallest absolute Gasteiger partial charge is 0.160 e. The fourth-order valence-electron chi connectivity index (χ4n) is 4.50. The number of nitrogens with zero attached hydrogens (tertiary/aromatic N) is 4. The second-order valence-electron chi connectivity index (χ2n) is 7.70. The van der Waals surface area contributed by atoms with E-state index in [1.54, 1.807) is 6.20 Å². The lowest BCUT2D eigenvalue weighted by atomic mass is 9.88. The third kappa shape index (κ3) is 2.52. The average Bonchev–Trinajstić information content (AvgIpc) is 3.38. The second kappa shape index (κ2) is 6.17. The van der Waals surface area contributed by atoms with Gasteiger partial charge in [-0.1, -0.05) is 24.3 Å². The molecule has 0 aliphatic heterocycles. The monoisotopic (exact) mass is 380 g/mol. The first-order valence-electron chi connectivity index (χ1n) is 9.91. The van der Waals surface area contributed by atoms with Gasteiger partial charge in [-0.2, -0.15) is 5.10 Å². The van der Waals surface area contributed by atoms with Crippen LogP contribution in [0.15, 0.2) is 61.1 Å². The molecular formula is C23H20N6. The van der Waals surface area contributed by atoms with E-state index >= 15 is 0 Å². The maximum absolute atomic E-state index is 6.39. The lowest BCUT2D eigenvalue weighted by molar-refractivity contribution is 0.415. The largest absolute Gasteiger partial charge is 0.398 e. The highest BCUT2D eigenvalue weighted by Crippen LogP contribution is 2.36. The van der Waals surface area contributed by atoms with Crippen LogP contribution in [0.25, 0.3) is 33.3 Å². The van der Waals surface area contributed by atoms with Crippen molar-refractivity contribution < 1.29 is 0 Å². The number of benzene rings is 1. The van der Waals surface area contributed by atoms with E-state index in [0.717, 1.165) is 52.6 Å². The molecule has 0 saturated carbocycles. The van der Waals surface area contributed by atoms with Crippen molar-refractivity contribution in [3.63, 3.8) is 0 Å². The Labute approximate surface area is 167 Å². The van der Waals surface area contributed by atoms with Crippen molar-refractivity contribution in [1.29, 1.82) is 0 Å². The van der Waals surface area contributed by atoms with E-state index in [1.165, 1.54) is 11.1 Å². The predicted octanol–water partition coefficient (Wildman–Crippen LogP) is 4.29. The Bertz CT molecular complexity index is 1360. The van der Waals surface area contributed by atoms with Crippen LogP contribution in [0.4, 0.5) is 5.69 Å². The van der Waals surface area contributed by atoms with Gasteiger partial charge in [0.1, 0.15) is 11.3 Å². The maximum atomic E-state index is 6.39. The van der Waals surface area contributed by atoms with Gasteiger partial charge in [0.25, 0.3) is 0 Å². The summed E-state index contributed by atoms with van der Waals surface area (Å²) in [5.74, 6) is 0. The molecule has 5 aromatic rings. The van der Waals surface area contributed by atoms with Gasteiger partial charge in [-0.25, -0.2) is 14.6 Å². The van der Waals surface area contributed by atoms with Crippen LogP contribution < -0.4 is 5.73 Å². The molecule has 1 atom stereocenters. The second-order valence-corrected chi connectivity index (χ2v) is 7.70. The van der Waals surface area contributed by atoms with Gasteiger partial charge in [-0.05, 0) is 48.6 Å². The summed E-state index contributed by atoms with van der Waals surface area (Å²) in [6.45, 7) is 0. The Morgan fingerprint density at radius 1 is 1.07 bits per heavy atom. The van der Waals surface area contributed by atoms with Crippen molar-refractivity contribution in [2.24, 2.45) is 0 Å². The van der Waals surface area contributed by atoms with Gasteiger partial charge in [0, 0.05) is 35.2 Å². The number of aromatic amines is 1. The first kappa shape index (κ1) is 16.3.